The molecule has 0 fully saturated rings. The van der Waals surface area contributed by atoms with Crippen LogP contribution in [0.2, 0.25) is 5.02 Å². The molecule has 1 aromatic carbocycles. The lowest BCUT2D eigenvalue weighted by Crippen LogP contribution is -2.49. The van der Waals surface area contributed by atoms with Crippen LogP contribution in [0.4, 0.5) is 0 Å². The van der Waals surface area contributed by atoms with Crippen LogP contribution < -0.4 is 14.8 Å². The van der Waals surface area contributed by atoms with Crippen molar-refractivity contribution in [2.24, 2.45) is 0 Å². The van der Waals surface area contributed by atoms with Gasteiger partial charge in [0.25, 0.3) is 0 Å². The van der Waals surface area contributed by atoms with Crippen molar-refractivity contribution in [3.05, 3.63) is 28.8 Å². The third-order valence-electron chi connectivity index (χ3n) is 2.90. The Morgan fingerprint density at radius 1 is 1.48 bits per heavy atom. The molecule has 0 radical (unpaired) electrons. The van der Waals surface area contributed by atoms with Crippen LogP contribution in [0.5, 0.6) is 5.75 Å². The van der Waals surface area contributed by atoms with E-state index >= 15 is 0 Å². The first-order valence-corrected chi connectivity index (χ1v) is 8.02. The lowest BCUT2D eigenvalue weighted by atomic mass is 10.0. The average Bonchev–Trinajstić information content (AvgIpc) is 2.42. The molecule has 114 valence electrons. The van der Waals surface area contributed by atoms with Crippen molar-refractivity contribution >= 4 is 33.3 Å². The summed E-state index contributed by atoms with van der Waals surface area (Å²) in [6, 6.07) is 3.67. The Balaban J connectivity index is 2.10. The van der Waals surface area contributed by atoms with E-state index in [0.29, 0.717) is 10.8 Å². The molecule has 1 aliphatic heterocycles. The molecular weight excluding hydrogens is 320 g/mol. The zero-order valence-corrected chi connectivity index (χ0v) is 12.6. The Morgan fingerprint density at radius 3 is 2.86 bits per heavy atom. The molecule has 0 spiro atoms. The summed E-state index contributed by atoms with van der Waals surface area (Å²) < 4.78 is 29.9. The van der Waals surface area contributed by atoms with Crippen LogP contribution in [0.25, 0.3) is 0 Å². The highest BCUT2D eigenvalue weighted by molar-refractivity contribution is 7.90. The SMILES string of the molecule is CNS(=O)(=O)CC(=O)NC1COc2ccc(Cl)cc2C1=O. The van der Waals surface area contributed by atoms with E-state index in [9.17, 15) is 18.0 Å². The number of rotatable bonds is 4. The predicted molar refractivity (Wildman–Crippen MR) is 76.1 cm³/mol. The molecule has 9 heteroatoms. The quantitative estimate of drug-likeness (QED) is 0.805. The standard InChI is InChI=1S/C12H13ClN2O5S/c1-14-21(18,19)6-11(16)15-9-5-20-10-3-2-7(13)4-8(10)12(9)17/h2-4,9,14H,5-6H2,1H3,(H,15,16). The summed E-state index contributed by atoms with van der Waals surface area (Å²) in [6.07, 6.45) is 0. The second-order valence-electron chi connectivity index (χ2n) is 4.40. The van der Waals surface area contributed by atoms with Crippen LogP contribution >= 0.6 is 11.6 Å². The first kappa shape index (κ1) is 15.7. The lowest BCUT2D eigenvalue weighted by molar-refractivity contribution is -0.119. The fraction of sp³-hybridized carbons (Fsp3) is 0.333. The van der Waals surface area contributed by atoms with Crippen LogP contribution in [0.3, 0.4) is 0 Å². The number of ether oxygens (including phenoxy) is 1. The molecule has 0 bridgehead atoms. The molecule has 0 aromatic heterocycles. The first-order valence-electron chi connectivity index (χ1n) is 5.99. The molecule has 1 heterocycles. The van der Waals surface area contributed by atoms with E-state index in [1.165, 1.54) is 13.1 Å². The molecule has 2 N–H and O–H groups in total. The van der Waals surface area contributed by atoms with Gasteiger partial charge in [0.05, 0.1) is 5.56 Å². The maximum absolute atomic E-state index is 12.2. The predicted octanol–water partition coefficient (Wildman–Crippen LogP) is -0.0509. The number of fused-ring (bicyclic) bond motifs is 1. The maximum atomic E-state index is 12.2. The van der Waals surface area contributed by atoms with E-state index in [1.54, 1.807) is 12.1 Å². The van der Waals surface area contributed by atoms with Crippen molar-refractivity contribution in [3.63, 3.8) is 0 Å². The van der Waals surface area contributed by atoms with Crippen molar-refractivity contribution in [1.29, 1.82) is 0 Å². The molecule has 0 aliphatic carbocycles. The van der Waals surface area contributed by atoms with Gasteiger partial charge >= 0.3 is 0 Å². The van der Waals surface area contributed by atoms with Crippen molar-refractivity contribution < 1.29 is 22.7 Å². The monoisotopic (exact) mass is 332 g/mol. The van der Waals surface area contributed by atoms with E-state index in [1.807, 2.05) is 4.72 Å². The highest BCUT2D eigenvalue weighted by atomic mass is 35.5. The van der Waals surface area contributed by atoms with E-state index in [0.717, 1.165) is 0 Å². The van der Waals surface area contributed by atoms with Crippen LogP contribution in [-0.2, 0) is 14.8 Å². The molecule has 1 unspecified atom stereocenters. The van der Waals surface area contributed by atoms with Gasteiger partial charge < -0.3 is 10.1 Å². The number of carbonyl (C=O) groups is 2. The number of sulfonamides is 1. The lowest BCUT2D eigenvalue weighted by Gasteiger charge is -2.24. The van der Waals surface area contributed by atoms with E-state index in [2.05, 4.69) is 5.32 Å². The van der Waals surface area contributed by atoms with Crippen molar-refractivity contribution in [1.82, 2.24) is 10.0 Å². The largest absolute Gasteiger partial charge is 0.490 e. The van der Waals surface area contributed by atoms with Crippen LogP contribution in [0.1, 0.15) is 10.4 Å². The number of hydrogen-bond acceptors (Lipinski definition) is 5. The molecular formula is C12H13ClN2O5S. The number of benzene rings is 1. The van der Waals surface area contributed by atoms with Gasteiger partial charge in [-0.25, -0.2) is 13.1 Å². The fourth-order valence-corrected chi connectivity index (χ4v) is 2.59. The van der Waals surface area contributed by atoms with Gasteiger partial charge in [0.15, 0.2) is 5.78 Å². The highest BCUT2D eigenvalue weighted by Crippen LogP contribution is 2.27. The molecule has 1 atom stereocenters. The Bertz CT molecular complexity index is 689. The average molecular weight is 333 g/mol. The summed E-state index contributed by atoms with van der Waals surface area (Å²) in [4.78, 5) is 23.9. The minimum absolute atomic E-state index is 0.0567. The van der Waals surface area contributed by atoms with Gasteiger partial charge in [-0.05, 0) is 25.2 Å². The molecule has 2 rings (SSSR count). The second-order valence-corrected chi connectivity index (χ2v) is 6.76. The zero-order valence-electron chi connectivity index (χ0n) is 11.1. The highest BCUT2D eigenvalue weighted by Gasteiger charge is 2.31. The molecule has 7 nitrogen and oxygen atoms in total. The van der Waals surface area contributed by atoms with Gasteiger partial charge in [-0.15, -0.1) is 0 Å². The van der Waals surface area contributed by atoms with E-state index in [-0.39, 0.29) is 18.0 Å². The molecule has 1 amide bonds. The number of amides is 1. The summed E-state index contributed by atoms with van der Waals surface area (Å²) in [5, 5.41) is 2.71. The first-order chi connectivity index (χ1) is 9.82. The minimum Gasteiger partial charge on any atom is -0.490 e. The van der Waals surface area contributed by atoms with Gasteiger partial charge in [0, 0.05) is 5.02 Å². The number of carbonyl (C=O) groups excluding carboxylic acids is 2. The van der Waals surface area contributed by atoms with Gasteiger partial charge in [-0.2, -0.15) is 0 Å². The minimum atomic E-state index is -3.69. The molecule has 0 saturated heterocycles. The number of Topliss-reactive ketones (excluding diaryl/α,β-unsaturated/α-hetero) is 1. The number of halogens is 1. The third-order valence-corrected chi connectivity index (χ3v) is 4.40. The Hall–Kier alpha value is -1.64. The van der Waals surface area contributed by atoms with Gasteiger partial charge in [0.2, 0.25) is 15.9 Å². The summed E-state index contributed by atoms with van der Waals surface area (Å²) >= 11 is 5.82. The van der Waals surface area contributed by atoms with Gasteiger partial charge in [0.1, 0.15) is 24.2 Å². The van der Waals surface area contributed by atoms with Crippen molar-refractivity contribution in [3.8, 4) is 5.75 Å². The topological polar surface area (TPSA) is 102 Å². The summed E-state index contributed by atoms with van der Waals surface area (Å²) in [5.74, 6) is -1.51. The van der Waals surface area contributed by atoms with Crippen LogP contribution in [0.15, 0.2) is 18.2 Å². The third kappa shape index (κ3) is 3.72. The van der Waals surface area contributed by atoms with Crippen molar-refractivity contribution in [2.75, 3.05) is 19.4 Å². The molecule has 21 heavy (non-hydrogen) atoms. The van der Waals surface area contributed by atoms with E-state index < -0.39 is 27.7 Å². The number of nitrogens with one attached hydrogen (secondary N) is 2. The van der Waals surface area contributed by atoms with Crippen LogP contribution in [-0.4, -0.2) is 45.6 Å². The molecule has 0 saturated carbocycles. The summed E-state index contributed by atoms with van der Waals surface area (Å²) in [6.45, 7) is -0.0567. The van der Waals surface area contributed by atoms with E-state index in [4.69, 9.17) is 16.3 Å². The zero-order chi connectivity index (χ0) is 15.6. The molecule has 1 aliphatic rings. The van der Waals surface area contributed by atoms with Gasteiger partial charge in [-0.3, -0.25) is 9.59 Å². The fourth-order valence-electron chi connectivity index (χ4n) is 1.85. The summed E-state index contributed by atoms with van der Waals surface area (Å²) in [5.41, 5.74) is 0.260. The molecule has 1 aromatic rings. The number of hydrogen-bond donors (Lipinski definition) is 2. The normalized spacial score (nSPS) is 17.8. The Labute approximate surface area is 126 Å². The van der Waals surface area contributed by atoms with Crippen molar-refractivity contribution in [2.45, 2.75) is 6.04 Å². The van der Waals surface area contributed by atoms with Crippen LogP contribution in [0, 0.1) is 0 Å². The maximum Gasteiger partial charge on any atom is 0.237 e. The second kappa shape index (κ2) is 6.00. The smallest absolute Gasteiger partial charge is 0.237 e. The Morgan fingerprint density at radius 2 is 2.19 bits per heavy atom. The Kier molecular flexibility index (Phi) is 4.50. The summed E-state index contributed by atoms with van der Waals surface area (Å²) in [7, 11) is -2.49. The number of ketones is 1. The van der Waals surface area contributed by atoms with Gasteiger partial charge in [-0.1, -0.05) is 11.6 Å².